The maximum absolute atomic E-state index is 13.9. The summed E-state index contributed by atoms with van der Waals surface area (Å²) in [6.45, 7) is 0.932. The summed E-state index contributed by atoms with van der Waals surface area (Å²) < 4.78 is 27.8. The van der Waals surface area contributed by atoms with E-state index in [1.165, 1.54) is 0 Å². The van der Waals surface area contributed by atoms with Gasteiger partial charge in [-0.3, -0.25) is 0 Å². The molecule has 0 fully saturated rings. The number of pyridine rings is 1. The Bertz CT molecular complexity index is 675. The second-order valence-electron chi connectivity index (χ2n) is 4.41. The molecule has 0 saturated carbocycles. The Morgan fingerprint density at radius 2 is 1.28 bits per heavy atom. The van der Waals surface area contributed by atoms with Crippen LogP contribution < -0.4 is 0 Å². The predicted molar refractivity (Wildman–Crippen MR) is 68.8 cm³/mol. The average molecular weight is 243 g/mol. The van der Waals surface area contributed by atoms with Crippen molar-refractivity contribution in [2.24, 2.45) is 0 Å². The van der Waals surface area contributed by atoms with Crippen molar-refractivity contribution in [3.8, 4) is 0 Å². The number of aromatic nitrogens is 1. The molecular weight excluding hydrogens is 232 g/mol. The number of nitrogens with zero attached hydrogens (tertiary/aromatic N) is 1. The molecule has 0 N–H and O–H groups in total. The smallest absolute Gasteiger partial charge is 0.248 e. The fourth-order valence-electron chi connectivity index (χ4n) is 2.31. The van der Waals surface area contributed by atoms with E-state index in [1.807, 2.05) is 12.1 Å². The van der Waals surface area contributed by atoms with Gasteiger partial charge in [0.15, 0.2) is 0 Å². The van der Waals surface area contributed by atoms with E-state index in [9.17, 15) is 8.78 Å². The van der Waals surface area contributed by atoms with Gasteiger partial charge in [-0.2, -0.15) is 0 Å². The van der Waals surface area contributed by atoms with Crippen molar-refractivity contribution < 1.29 is 8.78 Å². The van der Waals surface area contributed by atoms with Crippen LogP contribution in [0, 0.1) is 0 Å². The summed E-state index contributed by atoms with van der Waals surface area (Å²) in [5.74, 6) is -2.89. The first-order chi connectivity index (χ1) is 8.57. The van der Waals surface area contributed by atoms with E-state index in [1.54, 1.807) is 36.4 Å². The number of rotatable bonds is 1. The second kappa shape index (κ2) is 3.73. The van der Waals surface area contributed by atoms with E-state index < -0.39 is 5.92 Å². The topological polar surface area (TPSA) is 12.9 Å². The van der Waals surface area contributed by atoms with E-state index in [-0.39, 0.29) is 5.56 Å². The number of fused-ring (bicyclic) bond motifs is 2. The third kappa shape index (κ3) is 1.63. The maximum atomic E-state index is 13.9. The van der Waals surface area contributed by atoms with Crippen LogP contribution in [0.2, 0.25) is 0 Å². The lowest BCUT2D eigenvalue weighted by Crippen LogP contribution is -2.09. The van der Waals surface area contributed by atoms with Crippen LogP contribution in [0.15, 0.2) is 48.5 Å². The van der Waals surface area contributed by atoms with Crippen LogP contribution >= 0.6 is 0 Å². The molecule has 1 aromatic heterocycles. The fourth-order valence-corrected chi connectivity index (χ4v) is 2.31. The van der Waals surface area contributed by atoms with Crippen molar-refractivity contribution in [1.82, 2.24) is 4.98 Å². The largest absolute Gasteiger partial charge is 0.271 e. The van der Waals surface area contributed by atoms with Gasteiger partial charge in [-0.25, -0.2) is 13.8 Å². The molecule has 2 aromatic carbocycles. The lowest BCUT2D eigenvalue weighted by molar-refractivity contribution is 0.0206. The van der Waals surface area contributed by atoms with E-state index in [0.717, 1.165) is 6.92 Å². The summed E-state index contributed by atoms with van der Waals surface area (Å²) in [6, 6.07) is 14.0. The van der Waals surface area contributed by atoms with E-state index in [2.05, 4.69) is 4.98 Å². The molecule has 90 valence electrons. The highest BCUT2D eigenvalue weighted by molar-refractivity contribution is 5.98. The molecule has 0 aliphatic rings. The molecule has 0 aliphatic carbocycles. The minimum absolute atomic E-state index is 0.0590. The van der Waals surface area contributed by atoms with Gasteiger partial charge in [0, 0.05) is 23.3 Å². The van der Waals surface area contributed by atoms with Crippen LogP contribution in [0.25, 0.3) is 21.8 Å². The molecule has 3 heteroatoms. The summed E-state index contributed by atoms with van der Waals surface area (Å²) in [5.41, 5.74) is 1.27. The SMILES string of the molecule is CC(F)(F)c1c2ccccc2nc2ccccc12. The van der Waals surface area contributed by atoms with Gasteiger partial charge >= 0.3 is 0 Å². The molecule has 0 atom stereocenters. The monoisotopic (exact) mass is 243 g/mol. The van der Waals surface area contributed by atoms with E-state index in [0.29, 0.717) is 21.8 Å². The lowest BCUT2D eigenvalue weighted by atomic mass is 9.98. The minimum atomic E-state index is -2.89. The molecule has 3 rings (SSSR count). The Morgan fingerprint density at radius 3 is 1.72 bits per heavy atom. The van der Waals surface area contributed by atoms with Gasteiger partial charge in [-0.1, -0.05) is 36.4 Å². The first-order valence-electron chi connectivity index (χ1n) is 5.73. The molecule has 0 spiro atoms. The third-order valence-electron chi connectivity index (χ3n) is 3.03. The minimum Gasteiger partial charge on any atom is -0.248 e. The number of hydrogen-bond donors (Lipinski definition) is 0. The Hall–Kier alpha value is -2.03. The standard InChI is InChI=1S/C15H11F2N/c1-15(16,17)14-10-6-2-4-8-12(10)18-13-9-5-3-7-11(13)14/h2-9H,1H3. The fraction of sp³-hybridized carbons (Fsp3) is 0.133. The quantitative estimate of drug-likeness (QED) is 0.573. The first-order valence-corrected chi connectivity index (χ1v) is 5.73. The molecule has 1 heterocycles. The molecule has 18 heavy (non-hydrogen) atoms. The summed E-state index contributed by atoms with van der Waals surface area (Å²) in [5, 5.41) is 1.03. The van der Waals surface area contributed by atoms with Gasteiger partial charge in [0.2, 0.25) is 0 Å². The van der Waals surface area contributed by atoms with Crippen LogP contribution in [0.5, 0.6) is 0 Å². The number of benzene rings is 2. The summed E-state index contributed by atoms with van der Waals surface area (Å²) in [6.07, 6.45) is 0. The zero-order valence-electron chi connectivity index (χ0n) is 9.82. The Labute approximate surface area is 103 Å². The number of para-hydroxylation sites is 2. The Balaban J connectivity index is 2.58. The van der Waals surface area contributed by atoms with Crippen LogP contribution in [-0.4, -0.2) is 4.98 Å². The maximum Gasteiger partial charge on any atom is 0.271 e. The highest BCUT2D eigenvalue weighted by Crippen LogP contribution is 2.37. The molecule has 0 amide bonds. The summed E-state index contributed by atoms with van der Waals surface area (Å²) >= 11 is 0. The summed E-state index contributed by atoms with van der Waals surface area (Å²) in [7, 11) is 0. The van der Waals surface area contributed by atoms with Crippen LogP contribution in [0.4, 0.5) is 8.78 Å². The average Bonchev–Trinajstić information content (AvgIpc) is 2.34. The van der Waals surface area contributed by atoms with Gasteiger partial charge in [0.05, 0.1) is 11.0 Å². The molecule has 0 unspecified atom stereocenters. The third-order valence-corrected chi connectivity index (χ3v) is 3.03. The summed E-state index contributed by atoms with van der Waals surface area (Å²) in [4.78, 5) is 4.42. The van der Waals surface area contributed by atoms with Gasteiger partial charge in [-0.05, 0) is 12.1 Å². The highest BCUT2D eigenvalue weighted by atomic mass is 19.3. The van der Waals surface area contributed by atoms with Crippen molar-refractivity contribution >= 4 is 21.8 Å². The molecule has 0 bridgehead atoms. The molecule has 1 nitrogen and oxygen atoms in total. The molecule has 0 aliphatic heterocycles. The normalized spacial score (nSPS) is 12.2. The van der Waals surface area contributed by atoms with Gasteiger partial charge in [-0.15, -0.1) is 0 Å². The number of alkyl halides is 2. The van der Waals surface area contributed by atoms with Gasteiger partial charge in [0.25, 0.3) is 5.92 Å². The van der Waals surface area contributed by atoms with Gasteiger partial charge < -0.3 is 0 Å². The molecule has 0 radical (unpaired) electrons. The van der Waals surface area contributed by atoms with Crippen LogP contribution in [0.1, 0.15) is 12.5 Å². The van der Waals surface area contributed by atoms with Gasteiger partial charge in [0.1, 0.15) is 0 Å². The van der Waals surface area contributed by atoms with Crippen molar-refractivity contribution in [1.29, 1.82) is 0 Å². The van der Waals surface area contributed by atoms with Crippen LogP contribution in [-0.2, 0) is 5.92 Å². The van der Waals surface area contributed by atoms with E-state index >= 15 is 0 Å². The Kier molecular flexibility index (Phi) is 2.30. The van der Waals surface area contributed by atoms with E-state index in [4.69, 9.17) is 0 Å². The second-order valence-corrected chi connectivity index (χ2v) is 4.41. The number of halogens is 2. The molecule has 3 aromatic rings. The van der Waals surface area contributed by atoms with Crippen molar-refractivity contribution in [3.63, 3.8) is 0 Å². The number of hydrogen-bond acceptors (Lipinski definition) is 1. The zero-order chi connectivity index (χ0) is 12.8. The van der Waals surface area contributed by atoms with Crippen molar-refractivity contribution in [2.45, 2.75) is 12.8 Å². The lowest BCUT2D eigenvalue weighted by Gasteiger charge is -2.16. The van der Waals surface area contributed by atoms with Crippen LogP contribution in [0.3, 0.4) is 0 Å². The predicted octanol–water partition coefficient (Wildman–Crippen LogP) is 4.50. The highest BCUT2D eigenvalue weighted by Gasteiger charge is 2.29. The Morgan fingerprint density at radius 1 is 0.833 bits per heavy atom. The van der Waals surface area contributed by atoms with Crippen molar-refractivity contribution in [2.75, 3.05) is 0 Å². The molecule has 0 saturated heterocycles. The molecular formula is C15H11F2N. The zero-order valence-corrected chi connectivity index (χ0v) is 9.82. The van der Waals surface area contributed by atoms with Crippen molar-refractivity contribution in [3.05, 3.63) is 54.1 Å². The first kappa shape index (κ1) is 11.1.